The first kappa shape index (κ1) is 9.73. The van der Waals surface area contributed by atoms with E-state index in [0.29, 0.717) is 6.07 Å². The van der Waals surface area contributed by atoms with Gasteiger partial charge in [-0.3, -0.25) is 0 Å². The molecule has 0 atom stereocenters. The highest BCUT2D eigenvalue weighted by atomic mass is 35.5. The second-order valence-corrected chi connectivity index (χ2v) is 2.57. The molecule has 0 fully saturated rings. The topological polar surface area (TPSA) is 57.5 Å². The molecule has 0 aliphatic rings. The number of hydrogen-bond donors (Lipinski definition) is 2. The van der Waals surface area contributed by atoms with Crippen LogP contribution in [0.2, 0.25) is 5.02 Å². The van der Waals surface area contributed by atoms with Crippen molar-refractivity contribution in [3.05, 3.63) is 28.3 Å². The molecular weight excluding hydrogens is 206 g/mol. The molecule has 0 heterocycles. The Kier molecular flexibility index (Phi) is 2.38. The zero-order valence-electron chi connectivity index (χ0n) is 6.01. The van der Waals surface area contributed by atoms with Crippen LogP contribution in [0, 0.1) is 11.6 Å². The first-order chi connectivity index (χ1) is 5.95. The average molecular weight is 209 g/mol. The molecule has 13 heavy (non-hydrogen) atoms. The van der Waals surface area contributed by atoms with E-state index in [2.05, 4.69) is 0 Å². The Morgan fingerprint density at radius 1 is 1.46 bits per heavy atom. The number of carboxylic acids is 1. The van der Waals surface area contributed by atoms with Crippen molar-refractivity contribution in [1.82, 2.24) is 0 Å². The molecule has 1 aromatic carbocycles. The quantitative estimate of drug-likeness (QED) is 0.695. The van der Waals surface area contributed by atoms with Crippen molar-refractivity contribution >= 4 is 17.6 Å². The smallest absolute Gasteiger partial charge is 0.339 e. The van der Waals surface area contributed by atoms with Crippen molar-refractivity contribution in [2.45, 2.75) is 0 Å². The van der Waals surface area contributed by atoms with E-state index in [9.17, 15) is 13.6 Å². The zero-order valence-corrected chi connectivity index (χ0v) is 6.77. The molecule has 0 bridgehead atoms. The molecule has 0 aliphatic heterocycles. The number of hydrogen-bond acceptors (Lipinski definition) is 2. The van der Waals surface area contributed by atoms with E-state index in [-0.39, 0.29) is 0 Å². The number of aromatic hydroxyl groups is 1. The Morgan fingerprint density at radius 3 is 2.46 bits per heavy atom. The van der Waals surface area contributed by atoms with Crippen LogP contribution in [0.3, 0.4) is 0 Å². The lowest BCUT2D eigenvalue weighted by Crippen LogP contribution is -2.00. The summed E-state index contributed by atoms with van der Waals surface area (Å²) in [5, 5.41) is 16.4. The van der Waals surface area contributed by atoms with E-state index in [4.69, 9.17) is 21.8 Å². The Hall–Kier alpha value is -1.36. The fourth-order valence-electron chi connectivity index (χ4n) is 0.748. The van der Waals surface area contributed by atoms with Crippen LogP contribution in [-0.2, 0) is 0 Å². The Balaban J connectivity index is 3.50. The normalized spacial score (nSPS) is 10.1. The standard InChI is InChI=1S/C7H3ClF2O3/c8-4-5(10)3(9)1-2(6(4)11)7(12)13/h1,11H,(H,12,13). The number of carbonyl (C=O) groups is 1. The second kappa shape index (κ2) is 3.18. The van der Waals surface area contributed by atoms with Crippen LogP contribution in [0.1, 0.15) is 10.4 Å². The molecule has 3 nitrogen and oxygen atoms in total. The molecule has 0 unspecified atom stereocenters. The molecule has 1 rings (SSSR count). The maximum atomic E-state index is 12.6. The van der Waals surface area contributed by atoms with Crippen molar-refractivity contribution in [3.8, 4) is 5.75 Å². The van der Waals surface area contributed by atoms with Crippen LogP contribution in [0.4, 0.5) is 8.78 Å². The van der Waals surface area contributed by atoms with E-state index in [1.54, 1.807) is 0 Å². The Bertz CT molecular complexity index is 378. The van der Waals surface area contributed by atoms with Crippen molar-refractivity contribution in [1.29, 1.82) is 0 Å². The van der Waals surface area contributed by atoms with Crippen LogP contribution in [0.25, 0.3) is 0 Å². The predicted octanol–water partition coefficient (Wildman–Crippen LogP) is 2.02. The van der Waals surface area contributed by atoms with Crippen molar-refractivity contribution < 1.29 is 23.8 Å². The number of phenols is 1. The van der Waals surface area contributed by atoms with Gasteiger partial charge in [0.25, 0.3) is 0 Å². The summed E-state index contributed by atoms with van der Waals surface area (Å²) in [4.78, 5) is 10.3. The summed E-state index contributed by atoms with van der Waals surface area (Å²) in [5.41, 5.74) is -0.774. The molecule has 0 aromatic heterocycles. The summed E-state index contributed by atoms with van der Waals surface area (Å²) in [6.45, 7) is 0. The molecule has 0 saturated heterocycles. The molecule has 0 amide bonds. The van der Waals surface area contributed by atoms with E-state index in [1.807, 2.05) is 0 Å². The number of carboxylic acid groups (broad SMARTS) is 1. The number of halogens is 3. The van der Waals surface area contributed by atoms with E-state index < -0.39 is 33.9 Å². The lowest BCUT2D eigenvalue weighted by atomic mass is 10.2. The molecule has 0 radical (unpaired) electrons. The van der Waals surface area contributed by atoms with Gasteiger partial charge in [-0.15, -0.1) is 0 Å². The largest absolute Gasteiger partial charge is 0.505 e. The molecule has 70 valence electrons. The number of benzene rings is 1. The fourth-order valence-corrected chi connectivity index (χ4v) is 0.941. The third-order valence-electron chi connectivity index (χ3n) is 1.37. The van der Waals surface area contributed by atoms with E-state index in [0.717, 1.165) is 0 Å². The van der Waals surface area contributed by atoms with E-state index >= 15 is 0 Å². The maximum absolute atomic E-state index is 12.6. The summed E-state index contributed by atoms with van der Waals surface area (Å²) in [6.07, 6.45) is 0. The summed E-state index contributed by atoms with van der Waals surface area (Å²) in [6, 6.07) is 0.360. The third-order valence-corrected chi connectivity index (χ3v) is 1.71. The minimum absolute atomic E-state index is 0.360. The lowest BCUT2D eigenvalue weighted by molar-refractivity contribution is 0.0693. The van der Waals surface area contributed by atoms with Crippen LogP contribution >= 0.6 is 11.6 Å². The average Bonchev–Trinajstić information content (AvgIpc) is 2.07. The van der Waals surface area contributed by atoms with Gasteiger partial charge >= 0.3 is 5.97 Å². The van der Waals surface area contributed by atoms with Crippen LogP contribution < -0.4 is 0 Å². The van der Waals surface area contributed by atoms with Gasteiger partial charge in [-0.25, -0.2) is 13.6 Å². The molecule has 1 aromatic rings. The zero-order chi connectivity index (χ0) is 10.2. The Morgan fingerprint density at radius 2 is 2.00 bits per heavy atom. The fraction of sp³-hybridized carbons (Fsp3) is 0. The third kappa shape index (κ3) is 1.55. The first-order valence-corrected chi connectivity index (χ1v) is 3.42. The first-order valence-electron chi connectivity index (χ1n) is 3.05. The molecule has 6 heteroatoms. The molecular formula is C7H3ClF2O3. The van der Waals surface area contributed by atoms with Gasteiger partial charge in [0.15, 0.2) is 17.4 Å². The van der Waals surface area contributed by atoms with E-state index in [1.165, 1.54) is 0 Å². The molecule has 0 spiro atoms. The summed E-state index contributed by atoms with van der Waals surface area (Å²) < 4.78 is 25.1. The summed E-state index contributed by atoms with van der Waals surface area (Å²) in [5.74, 6) is -5.45. The van der Waals surface area contributed by atoms with Gasteiger partial charge in [-0.2, -0.15) is 0 Å². The SMILES string of the molecule is O=C(O)c1cc(F)c(F)c(Cl)c1O. The molecule has 2 N–H and O–H groups in total. The monoisotopic (exact) mass is 208 g/mol. The van der Waals surface area contributed by atoms with Gasteiger partial charge in [0, 0.05) is 0 Å². The van der Waals surface area contributed by atoms with Gasteiger partial charge < -0.3 is 10.2 Å². The number of rotatable bonds is 1. The van der Waals surface area contributed by atoms with Crippen LogP contribution in [0.15, 0.2) is 6.07 Å². The van der Waals surface area contributed by atoms with Gasteiger partial charge in [0.2, 0.25) is 0 Å². The van der Waals surface area contributed by atoms with Crippen molar-refractivity contribution in [2.75, 3.05) is 0 Å². The van der Waals surface area contributed by atoms with Crippen molar-refractivity contribution in [3.63, 3.8) is 0 Å². The minimum atomic E-state index is -1.58. The number of aromatic carboxylic acids is 1. The van der Waals surface area contributed by atoms with Gasteiger partial charge in [0.05, 0.1) is 0 Å². The minimum Gasteiger partial charge on any atom is -0.505 e. The van der Waals surface area contributed by atoms with Crippen LogP contribution in [0.5, 0.6) is 5.75 Å². The van der Waals surface area contributed by atoms with Gasteiger partial charge in [-0.05, 0) is 6.07 Å². The molecule has 0 saturated carbocycles. The van der Waals surface area contributed by atoms with Crippen LogP contribution in [-0.4, -0.2) is 16.2 Å². The maximum Gasteiger partial charge on any atom is 0.339 e. The molecule has 0 aliphatic carbocycles. The highest BCUT2D eigenvalue weighted by molar-refractivity contribution is 6.32. The lowest BCUT2D eigenvalue weighted by Gasteiger charge is -2.03. The predicted molar refractivity (Wildman–Crippen MR) is 40.0 cm³/mol. The summed E-state index contributed by atoms with van der Waals surface area (Å²) >= 11 is 5.10. The van der Waals surface area contributed by atoms with Gasteiger partial charge in [-0.1, -0.05) is 11.6 Å². The second-order valence-electron chi connectivity index (χ2n) is 2.19. The van der Waals surface area contributed by atoms with Gasteiger partial charge in [0.1, 0.15) is 10.6 Å². The Labute approximate surface area is 76.2 Å². The highest BCUT2D eigenvalue weighted by Crippen LogP contribution is 2.31. The summed E-state index contributed by atoms with van der Waals surface area (Å²) in [7, 11) is 0. The van der Waals surface area contributed by atoms with Crippen molar-refractivity contribution in [2.24, 2.45) is 0 Å². The highest BCUT2D eigenvalue weighted by Gasteiger charge is 2.20.